The van der Waals surface area contributed by atoms with E-state index in [1.807, 2.05) is 36.4 Å². The first-order valence-electron chi connectivity index (χ1n) is 12.3. The summed E-state index contributed by atoms with van der Waals surface area (Å²) in [6, 6.07) is 9.72. The van der Waals surface area contributed by atoms with E-state index in [1.54, 1.807) is 12.4 Å². The van der Waals surface area contributed by atoms with Crippen molar-refractivity contribution in [2.45, 2.75) is 12.8 Å². The summed E-state index contributed by atoms with van der Waals surface area (Å²) in [6.45, 7) is 3.70. The van der Waals surface area contributed by atoms with Gasteiger partial charge in [0.25, 0.3) is 0 Å². The number of anilines is 1. The molecule has 1 unspecified atom stereocenters. The van der Waals surface area contributed by atoms with Crippen LogP contribution in [0.3, 0.4) is 0 Å². The maximum Gasteiger partial charge on any atom is 0.240 e. The third-order valence-electron chi connectivity index (χ3n) is 7.86. The summed E-state index contributed by atoms with van der Waals surface area (Å²) in [5.41, 5.74) is 4.24. The number of aromatic nitrogens is 3. The molecule has 7 rings (SSSR count). The van der Waals surface area contributed by atoms with Crippen molar-refractivity contribution < 1.29 is 9.53 Å². The molecular weight excluding hydrogens is 534 g/mol. The molecule has 5 heterocycles. The lowest BCUT2D eigenvalue weighted by Gasteiger charge is -2.47. The number of nitrogens with one attached hydrogen (secondary N) is 3. The summed E-state index contributed by atoms with van der Waals surface area (Å²) in [7, 11) is 0. The molecule has 9 nitrogen and oxygen atoms in total. The summed E-state index contributed by atoms with van der Waals surface area (Å²) in [5.74, 6) is 0.294. The highest BCUT2D eigenvalue weighted by atomic mass is 79.9. The lowest BCUT2D eigenvalue weighted by Crippen LogP contribution is -2.51. The number of halogens is 1. The van der Waals surface area contributed by atoms with Gasteiger partial charge in [-0.15, -0.1) is 0 Å². The van der Waals surface area contributed by atoms with Gasteiger partial charge >= 0.3 is 0 Å². The van der Waals surface area contributed by atoms with E-state index in [-0.39, 0.29) is 11.6 Å². The summed E-state index contributed by atoms with van der Waals surface area (Å²) >= 11 is 3.63. The molecule has 10 heteroatoms. The number of fused-ring (bicyclic) bond motifs is 2. The Bertz CT molecular complexity index is 1540. The quantitative estimate of drug-likeness (QED) is 0.452. The van der Waals surface area contributed by atoms with Crippen molar-refractivity contribution in [2.75, 3.05) is 31.2 Å². The van der Waals surface area contributed by atoms with Crippen LogP contribution in [-0.4, -0.2) is 58.9 Å². The van der Waals surface area contributed by atoms with E-state index in [0.29, 0.717) is 27.0 Å². The van der Waals surface area contributed by atoms with Gasteiger partial charge in [0.2, 0.25) is 5.91 Å². The van der Waals surface area contributed by atoms with E-state index < -0.39 is 5.92 Å². The van der Waals surface area contributed by atoms with E-state index in [9.17, 15) is 4.79 Å². The summed E-state index contributed by atoms with van der Waals surface area (Å²) in [4.78, 5) is 25.0. The number of ether oxygens (including phenoxy) is 1. The van der Waals surface area contributed by atoms with Gasteiger partial charge in [0.1, 0.15) is 17.6 Å². The third-order valence-corrected chi connectivity index (χ3v) is 8.50. The average molecular weight is 558 g/mol. The molecule has 0 radical (unpaired) electrons. The highest BCUT2D eigenvalue weighted by Crippen LogP contribution is 2.40. The van der Waals surface area contributed by atoms with Crippen LogP contribution >= 0.6 is 15.9 Å². The molecule has 0 saturated carbocycles. The number of allylic oxidation sites excluding steroid dienone is 3. The molecule has 37 heavy (non-hydrogen) atoms. The highest BCUT2D eigenvalue weighted by molar-refractivity contribution is 9.11. The molecule has 1 aliphatic carbocycles. The molecule has 3 aromatic rings. The Morgan fingerprint density at radius 2 is 1.97 bits per heavy atom. The van der Waals surface area contributed by atoms with Crippen LogP contribution in [0.15, 0.2) is 64.0 Å². The van der Waals surface area contributed by atoms with E-state index in [1.165, 1.54) is 0 Å². The first kappa shape index (κ1) is 22.6. The van der Waals surface area contributed by atoms with Crippen molar-refractivity contribution in [3.05, 3.63) is 70.1 Å². The molecular formula is C27H24BrN7O2. The number of H-pyrrole nitrogens is 1. The topological polar surface area (TPSA) is 119 Å². The van der Waals surface area contributed by atoms with Gasteiger partial charge in [0, 0.05) is 45.7 Å². The molecule has 4 aliphatic rings. The molecule has 1 spiro atoms. The molecule has 1 atom stereocenters. The second-order valence-electron chi connectivity index (χ2n) is 10.1. The summed E-state index contributed by atoms with van der Waals surface area (Å²) < 4.78 is 6.12. The van der Waals surface area contributed by atoms with Gasteiger partial charge in [-0.2, -0.15) is 5.10 Å². The monoisotopic (exact) mass is 557 g/mol. The van der Waals surface area contributed by atoms with Gasteiger partial charge < -0.3 is 20.4 Å². The number of hydrogen-bond acceptors (Lipinski definition) is 7. The van der Waals surface area contributed by atoms with E-state index in [4.69, 9.17) is 15.1 Å². The third kappa shape index (κ3) is 3.66. The number of aromatic amines is 1. The fourth-order valence-electron chi connectivity index (χ4n) is 5.58. The first-order chi connectivity index (χ1) is 18.0. The fourth-order valence-corrected chi connectivity index (χ4v) is 6.13. The average Bonchev–Trinajstić information content (AvgIpc) is 3.39. The Balaban J connectivity index is 1.18. The Morgan fingerprint density at radius 1 is 1.14 bits per heavy atom. The molecule has 1 aromatic carbocycles. The zero-order valence-corrected chi connectivity index (χ0v) is 21.5. The van der Waals surface area contributed by atoms with Crippen molar-refractivity contribution >= 4 is 55.7 Å². The maximum atomic E-state index is 13.3. The number of piperidine rings is 1. The second kappa shape index (κ2) is 8.46. The Morgan fingerprint density at radius 3 is 2.70 bits per heavy atom. The zero-order chi connectivity index (χ0) is 25.1. The van der Waals surface area contributed by atoms with Crippen molar-refractivity contribution in [3.8, 4) is 0 Å². The number of amidine groups is 1. The number of pyridine rings is 1. The fraction of sp³-hybridized carbons (Fsp3) is 0.296. The number of amides is 1. The van der Waals surface area contributed by atoms with Crippen LogP contribution in [0.1, 0.15) is 24.0 Å². The second-order valence-corrected chi connectivity index (χ2v) is 11.0. The SMILES string of the molecule is N=C1C(c2cccc3[nH]ncc23)=CC(Br)=C2N=C(c3ccc(N4CCC5(CC4)COC5)nc3)NC(=O)C12. The zero-order valence-electron chi connectivity index (χ0n) is 19.9. The largest absolute Gasteiger partial charge is 0.380 e. The minimum Gasteiger partial charge on any atom is -0.380 e. The number of hydrogen-bond donors (Lipinski definition) is 3. The van der Waals surface area contributed by atoms with Crippen LogP contribution in [0, 0.1) is 16.7 Å². The molecule has 2 fully saturated rings. The van der Waals surface area contributed by atoms with Crippen molar-refractivity contribution in [1.82, 2.24) is 20.5 Å². The summed E-state index contributed by atoms with van der Waals surface area (Å²) in [6.07, 6.45) is 7.62. The Kier molecular flexibility index (Phi) is 5.16. The van der Waals surface area contributed by atoms with Crippen LogP contribution < -0.4 is 10.2 Å². The van der Waals surface area contributed by atoms with E-state index in [0.717, 1.165) is 67.0 Å². The summed E-state index contributed by atoms with van der Waals surface area (Å²) in [5, 5.41) is 19.8. The van der Waals surface area contributed by atoms with Gasteiger partial charge in [0.05, 0.1) is 36.3 Å². The number of carbonyl (C=O) groups excluding carboxylic acids is 1. The van der Waals surface area contributed by atoms with Gasteiger partial charge in [-0.25, -0.2) is 9.98 Å². The molecule has 3 aliphatic heterocycles. The minimum absolute atomic E-state index is 0.209. The molecule has 3 N–H and O–H groups in total. The Hall–Kier alpha value is -3.63. The van der Waals surface area contributed by atoms with Gasteiger partial charge in [-0.1, -0.05) is 12.1 Å². The number of nitrogens with zero attached hydrogens (tertiary/aromatic N) is 4. The molecule has 0 bridgehead atoms. The number of benzene rings is 1. The standard InChI is InChI=1S/C27H24BrN7O2/c28-19-10-17(16-2-1-3-20-18(16)12-31-34-20)23(29)22-24(19)32-25(33-26(22)36)15-4-5-21(30-11-15)35-8-6-27(7-9-35)13-37-14-27/h1-5,10-12,22,29H,6-9,13-14H2,(H,31,34)(H,32,33,36). The minimum atomic E-state index is -0.802. The van der Waals surface area contributed by atoms with Gasteiger partial charge in [0.15, 0.2) is 0 Å². The van der Waals surface area contributed by atoms with Crippen LogP contribution in [-0.2, 0) is 9.53 Å². The van der Waals surface area contributed by atoms with Crippen LogP contribution in [0.25, 0.3) is 16.5 Å². The maximum absolute atomic E-state index is 13.3. The lowest BCUT2D eigenvalue weighted by atomic mass is 9.77. The predicted octanol–water partition coefficient (Wildman–Crippen LogP) is 3.79. The van der Waals surface area contributed by atoms with Crippen molar-refractivity contribution in [2.24, 2.45) is 16.3 Å². The normalized spacial score (nSPS) is 22.9. The van der Waals surface area contributed by atoms with Crippen molar-refractivity contribution in [1.29, 1.82) is 5.41 Å². The Labute approximate surface area is 221 Å². The highest BCUT2D eigenvalue weighted by Gasteiger charge is 2.41. The van der Waals surface area contributed by atoms with Crippen molar-refractivity contribution in [3.63, 3.8) is 0 Å². The van der Waals surface area contributed by atoms with E-state index in [2.05, 4.69) is 41.3 Å². The molecule has 186 valence electrons. The number of rotatable bonds is 3. The smallest absolute Gasteiger partial charge is 0.240 e. The number of aliphatic imine (C=N–C) groups is 1. The van der Waals surface area contributed by atoms with Gasteiger partial charge in [-0.05, 0) is 58.6 Å². The van der Waals surface area contributed by atoms with Crippen LogP contribution in [0.4, 0.5) is 5.82 Å². The predicted molar refractivity (Wildman–Crippen MR) is 145 cm³/mol. The van der Waals surface area contributed by atoms with E-state index >= 15 is 0 Å². The van der Waals surface area contributed by atoms with Gasteiger partial charge in [-0.3, -0.25) is 9.89 Å². The molecule has 2 aromatic heterocycles. The number of carbonyl (C=O) groups is 1. The van der Waals surface area contributed by atoms with Crippen LogP contribution in [0.5, 0.6) is 0 Å². The molecule has 1 amide bonds. The first-order valence-corrected chi connectivity index (χ1v) is 13.1. The van der Waals surface area contributed by atoms with Crippen LogP contribution in [0.2, 0.25) is 0 Å². The lowest BCUT2D eigenvalue weighted by molar-refractivity contribution is -0.124. The molecule has 2 saturated heterocycles.